The minimum atomic E-state index is -1.08. The molecule has 0 atom stereocenters. The number of pyridine rings is 1. The summed E-state index contributed by atoms with van der Waals surface area (Å²) >= 11 is 0. The van der Waals surface area contributed by atoms with Crippen molar-refractivity contribution in [2.45, 2.75) is 40.0 Å². The van der Waals surface area contributed by atoms with E-state index >= 15 is 0 Å². The Morgan fingerprint density at radius 3 is 2.28 bits per heavy atom. The molecule has 1 heterocycles. The molecule has 0 fully saturated rings. The number of fused-ring (bicyclic) bond motifs is 1. The summed E-state index contributed by atoms with van der Waals surface area (Å²) in [5, 5.41) is 10.2. The summed E-state index contributed by atoms with van der Waals surface area (Å²) in [5.74, 6) is -1.08. The third kappa shape index (κ3) is 4.90. The zero-order chi connectivity index (χ0) is 18.2. The topological polar surface area (TPSA) is 44.0 Å². The first-order valence-electron chi connectivity index (χ1n) is 8.71. The van der Waals surface area contributed by atoms with Crippen LogP contribution >= 0.6 is 0 Å². The average molecular weight is 335 g/mol. The highest BCUT2D eigenvalue weighted by Gasteiger charge is 2.20. The molecule has 0 saturated carbocycles. The third-order valence-corrected chi connectivity index (χ3v) is 4.06. The zero-order valence-corrected chi connectivity index (χ0v) is 15.2. The molecule has 0 aliphatic rings. The van der Waals surface area contributed by atoms with Crippen molar-refractivity contribution in [1.82, 2.24) is 0 Å². The molecule has 0 aliphatic heterocycles. The van der Waals surface area contributed by atoms with E-state index in [1.165, 1.54) is 40.7 Å². The lowest BCUT2D eigenvalue weighted by Gasteiger charge is -2.09. The van der Waals surface area contributed by atoms with Gasteiger partial charge in [0.25, 0.3) is 0 Å². The van der Waals surface area contributed by atoms with Crippen molar-refractivity contribution in [1.29, 1.82) is 0 Å². The molecule has 130 valence electrons. The second-order valence-electron chi connectivity index (χ2n) is 6.10. The van der Waals surface area contributed by atoms with Gasteiger partial charge in [-0.1, -0.05) is 43.7 Å². The predicted octanol–water partition coefficient (Wildman–Crippen LogP) is 3.52. The maximum atomic E-state index is 8.89. The smallest absolute Gasteiger partial charge is 0.218 e. The quantitative estimate of drug-likeness (QED) is 0.685. The van der Waals surface area contributed by atoms with Gasteiger partial charge < -0.3 is 9.90 Å². The van der Waals surface area contributed by atoms with Gasteiger partial charge in [-0.25, -0.2) is 0 Å². The molecular formula is C22H25NO2. The normalized spacial score (nSPS) is 10.2. The Kier molecular flexibility index (Phi) is 6.70. The van der Waals surface area contributed by atoms with Gasteiger partial charge >= 0.3 is 0 Å². The fourth-order valence-electron chi connectivity index (χ4n) is 2.98. The van der Waals surface area contributed by atoms with Crippen LogP contribution in [0.4, 0.5) is 0 Å². The van der Waals surface area contributed by atoms with E-state index < -0.39 is 5.97 Å². The van der Waals surface area contributed by atoms with E-state index in [1.807, 2.05) is 0 Å². The van der Waals surface area contributed by atoms with Crippen molar-refractivity contribution < 1.29 is 14.5 Å². The molecule has 2 aromatic carbocycles. The molecule has 3 nitrogen and oxygen atoms in total. The summed E-state index contributed by atoms with van der Waals surface area (Å²) in [6, 6.07) is 21.7. The number of aliphatic carboxylic acids is 1. The number of unbranched alkanes of at least 4 members (excludes halogenated alkanes) is 1. The number of hydrogen-bond donors (Lipinski definition) is 0. The summed E-state index contributed by atoms with van der Waals surface area (Å²) in [7, 11) is 0. The minimum Gasteiger partial charge on any atom is -0.550 e. The predicted molar refractivity (Wildman–Crippen MR) is 99.5 cm³/mol. The van der Waals surface area contributed by atoms with Crippen molar-refractivity contribution in [3.05, 3.63) is 71.9 Å². The number of carboxylic acid groups (broad SMARTS) is 1. The number of carbonyl (C=O) groups excluding carboxylic acids is 1. The number of rotatable bonds is 4. The van der Waals surface area contributed by atoms with E-state index in [0.717, 1.165) is 13.3 Å². The number of nitrogens with zero attached hydrogens (tertiary/aromatic N) is 1. The lowest BCUT2D eigenvalue weighted by molar-refractivity contribution is -0.576. The van der Waals surface area contributed by atoms with E-state index in [9.17, 15) is 0 Å². The fraction of sp³-hybridized carbons (Fsp3) is 0.273. The van der Waals surface area contributed by atoms with Crippen LogP contribution in [-0.2, 0) is 11.2 Å². The van der Waals surface area contributed by atoms with Crippen LogP contribution in [0.25, 0.3) is 16.6 Å². The molecule has 0 aliphatic carbocycles. The Morgan fingerprint density at radius 1 is 1.04 bits per heavy atom. The summed E-state index contributed by atoms with van der Waals surface area (Å²) in [5.41, 5.74) is 5.36. The number of aromatic nitrogens is 1. The summed E-state index contributed by atoms with van der Waals surface area (Å²) in [6.45, 7) is 5.46. The first kappa shape index (κ1) is 18.7. The maximum absolute atomic E-state index is 8.89. The maximum Gasteiger partial charge on any atom is 0.218 e. The van der Waals surface area contributed by atoms with Gasteiger partial charge in [0.1, 0.15) is 0 Å². The minimum absolute atomic E-state index is 0.972. The monoisotopic (exact) mass is 335 g/mol. The number of benzene rings is 2. The molecule has 1 aromatic heterocycles. The Morgan fingerprint density at radius 2 is 1.64 bits per heavy atom. The molecule has 0 spiro atoms. The van der Waals surface area contributed by atoms with Crippen LogP contribution in [0.3, 0.4) is 0 Å². The van der Waals surface area contributed by atoms with E-state index in [-0.39, 0.29) is 0 Å². The molecule has 3 aromatic rings. The second-order valence-corrected chi connectivity index (χ2v) is 6.10. The SMILES string of the molecule is CC(=O)[O-].CCCCc1c(C)cc2ccccc2[n+]1-c1ccccc1. The zero-order valence-electron chi connectivity index (χ0n) is 15.2. The van der Waals surface area contributed by atoms with E-state index in [0.29, 0.717) is 0 Å². The Bertz CT molecular complexity index is 837. The van der Waals surface area contributed by atoms with Gasteiger partial charge in [0.2, 0.25) is 11.2 Å². The highest BCUT2D eigenvalue weighted by atomic mass is 16.4. The molecular weight excluding hydrogens is 310 g/mol. The number of hydrogen-bond acceptors (Lipinski definition) is 2. The van der Waals surface area contributed by atoms with Gasteiger partial charge in [-0.3, -0.25) is 0 Å². The average Bonchev–Trinajstić information content (AvgIpc) is 2.60. The molecule has 0 amide bonds. The van der Waals surface area contributed by atoms with Crippen LogP contribution in [-0.4, -0.2) is 5.97 Å². The van der Waals surface area contributed by atoms with Crippen molar-refractivity contribution in [3.63, 3.8) is 0 Å². The largest absolute Gasteiger partial charge is 0.550 e. The number of carboxylic acids is 1. The van der Waals surface area contributed by atoms with Gasteiger partial charge in [-0.2, -0.15) is 4.57 Å². The van der Waals surface area contributed by atoms with E-state index in [2.05, 4.69) is 79.1 Å². The van der Waals surface area contributed by atoms with Gasteiger partial charge in [0.05, 0.1) is 0 Å². The molecule has 0 N–H and O–H groups in total. The molecule has 3 rings (SSSR count). The number of para-hydroxylation sites is 2. The van der Waals surface area contributed by atoms with Crippen molar-refractivity contribution in [3.8, 4) is 5.69 Å². The van der Waals surface area contributed by atoms with Crippen LogP contribution in [0, 0.1) is 6.92 Å². The number of carbonyl (C=O) groups is 1. The lowest BCUT2D eigenvalue weighted by atomic mass is 10.0. The van der Waals surface area contributed by atoms with Crippen LogP contribution in [0.5, 0.6) is 0 Å². The van der Waals surface area contributed by atoms with Gasteiger partial charge in [0.15, 0.2) is 5.69 Å². The lowest BCUT2D eigenvalue weighted by Crippen LogP contribution is -2.37. The van der Waals surface area contributed by atoms with E-state index in [4.69, 9.17) is 9.90 Å². The number of aryl methyl sites for hydroxylation is 1. The third-order valence-electron chi connectivity index (χ3n) is 4.06. The molecule has 25 heavy (non-hydrogen) atoms. The van der Waals surface area contributed by atoms with Crippen LogP contribution in [0.2, 0.25) is 0 Å². The van der Waals surface area contributed by atoms with Crippen molar-refractivity contribution in [2.75, 3.05) is 0 Å². The summed E-state index contributed by atoms with van der Waals surface area (Å²) < 4.78 is 2.43. The first-order chi connectivity index (χ1) is 12.0. The van der Waals surface area contributed by atoms with Crippen LogP contribution in [0.1, 0.15) is 37.9 Å². The molecule has 0 saturated heterocycles. The Hall–Kier alpha value is -2.68. The van der Waals surface area contributed by atoms with Crippen LogP contribution in [0.15, 0.2) is 60.7 Å². The van der Waals surface area contributed by atoms with E-state index in [1.54, 1.807) is 0 Å². The molecule has 0 radical (unpaired) electrons. The highest BCUT2D eigenvalue weighted by Crippen LogP contribution is 2.18. The molecule has 0 bridgehead atoms. The van der Waals surface area contributed by atoms with Crippen molar-refractivity contribution in [2.24, 2.45) is 0 Å². The van der Waals surface area contributed by atoms with Crippen LogP contribution < -0.4 is 9.67 Å². The standard InChI is InChI=1S/C20H22N.C2H4O2/c1-3-4-13-19-16(2)15-17-10-8-9-14-20(17)21(19)18-11-6-5-7-12-18;1-2(3)4/h5-12,14-15H,3-4,13H2,1-2H3;1H3,(H,3,4)/q+1;/p-1. The first-order valence-corrected chi connectivity index (χ1v) is 8.71. The van der Waals surface area contributed by atoms with Gasteiger partial charge in [-0.05, 0) is 32.4 Å². The Balaban J connectivity index is 0.000000511. The Labute approximate surface area is 149 Å². The summed E-state index contributed by atoms with van der Waals surface area (Å²) in [4.78, 5) is 8.89. The molecule has 3 heteroatoms. The molecule has 0 unspecified atom stereocenters. The van der Waals surface area contributed by atoms with Gasteiger partial charge in [0, 0.05) is 41.5 Å². The second kappa shape index (κ2) is 8.97. The fourth-order valence-corrected chi connectivity index (χ4v) is 2.98. The van der Waals surface area contributed by atoms with Crippen molar-refractivity contribution >= 4 is 16.9 Å². The summed E-state index contributed by atoms with van der Waals surface area (Å²) in [6.07, 6.45) is 3.58. The highest BCUT2D eigenvalue weighted by molar-refractivity contribution is 5.76. The van der Waals surface area contributed by atoms with Gasteiger partial charge in [-0.15, -0.1) is 0 Å².